The maximum absolute atomic E-state index is 13.2. The molecule has 5 heteroatoms. The van der Waals surface area contributed by atoms with Crippen LogP contribution in [0.5, 0.6) is 0 Å². The first-order chi connectivity index (χ1) is 15.7. The number of nitriles is 1. The molecule has 4 rings (SSSR count). The number of esters is 1. The van der Waals surface area contributed by atoms with Crippen molar-refractivity contribution in [3.05, 3.63) is 89.0 Å². The molecule has 0 N–H and O–H groups in total. The number of hydrogen-bond acceptors (Lipinski definition) is 4. The molecule has 0 aliphatic carbocycles. The van der Waals surface area contributed by atoms with E-state index in [1.165, 1.54) is 0 Å². The highest BCUT2D eigenvalue weighted by Gasteiger charge is 2.29. The van der Waals surface area contributed by atoms with Crippen LogP contribution in [0.1, 0.15) is 60.7 Å². The molecule has 0 aromatic heterocycles. The largest absolute Gasteiger partial charge is 0.460 e. The fourth-order valence-electron chi connectivity index (χ4n) is 3.90. The summed E-state index contributed by atoms with van der Waals surface area (Å²) in [6, 6.07) is 22.9. The fourth-order valence-corrected chi connectivity index (χ4v) is 3.90. The maximum atomic E-state index is 13.2. The number of carbonyl (C=O) groups is 2. The quantitative estimate of drug-likeness (QED) is 0.481. The third kappa shape index (κ3) is 4.65. The highest BCUT2D eigenvalue weighted by atomic mass is 16.6. The molecule has 1 heterocycles. The molecule has 1 unspecified atom stereocenters. The number of carbonyl (C=O) groups excluding carboxylic acids is 2. The minimum atomic E-state index is -0.532. The lowest BCUT2D eigenvalue weighted by atomic mass is 9.99. The van der Waals surface area contributed by atoms with E-state index in [4.69, 9.17) is 10.00 Å². The van der Waals surface area contributed by atoms with Gasteiger partial charge >= 0.3 is 5.97 Å². The van der Waals surface area contributed by atoms with Crippen LogP contribution in [-0.4, -0.2) is 17.5 Å². The van der Waals surface area contributed by atoms with Gasteiger partial charge in [0, 0.05) is 11.3 Å². The van der Waals surface area contributed by atoms with Crippen molar-refractivity contribution in [3.63, 3.8) is 0 Å². The zero-order valence-electron chi connectivity index (χ0n) is 19.3. The first kappa shape index (κ1) is 22.3. The average Bonchev–Trinajstić information content (AvgIpc) is 3.13. The number of hydrogen-bond donors (Lipinski definition) is 0. The Balaban J connectivity index is 1.52. The zero-order chi connectivity index (χ0) is 23.8. The summed E-state index contributed by atoms with van der Waals surface area (Å²) in [6.07, 6.45) is 0. The molecule has 1 atom stereocenters. The van der Waals surface area contributed by atoms with Gasteiger partial charge < -0.3 is 9.64 Å². The van der Waals surface area contributed by atoms with Gasteiger partial charge in [0.25, 0.3) is 5.91 Å². The summed E-state index contributed by atoms with van der Waals surface area (Å²) in [5.74, 6) is -0.705. The van der Waals surface area contributed by atoms with E-state index in [0.29, 0.717) is 17.7 Å². The minimum absolute atomic E-state index is 0.0477. The Hall–Kier alpha value is -3.91. The zero-order valence-corrected chi connectivity index (χ0v) is 19.3. The van der Waals surface area contributed by atoms with Crippen LogP contribution in [0.25, 0.3) is 11.1 Å². The maximum Gasteiger partial charge on any atom is 0.313 e. The van der Waals surface area contributed by atoms with E-state index < -0.39 is 5.60 Å². The van der Waals surface area contributed by atoms with Gasteiger partial charge in [-0.3, -0.25) is 9.59 Å². The molecular formula is C28H26N2O3. The van der Waals surface area contributed by atoms with E-state index in [-0.39, 0.29) is 17.8 Å². The summed E-state index contributed by atoms with van der Waals surface area (Å²) in [5, 5.41) is 8.99. The third-order valence-corrected chi connectivity index (χ3v) is 5.73. The van der Waals surface area contributed by atoms with Crippen molar-refractivity contribution in [2.75, 3.05) is 4.90 Å². The fraction of sp³-hybridized carbons (Fsp3) is 0.250. The van der Waals surface area contributed by atoms with Crippen LogP contribution in [0, 0.1) is 11.3 Å². The summed E-state index contributed by atoms with van der Waals surface area (Å²) in [6.45, 7) is 7.88. The van der Waals surface area contributed by atoms with E-state index >= 15 is 0 Å². The van der Waals surface area contributed by atoms with Gasteiger partial charge in [-0.05, 0) is 80.3 Å². The van der Waals surface area contributed by atoms with Gasteiger partial charge in [-0.15, -0.1) is 0 Å². The van der Waals surface area contributed by atoms with E-state index in [1.54, 1.807) is 17.0 Å². The average molecular weight is 439 g/mol. The minimum Gasteiger partial charge on any atom is -0.460 e. The highest BCUT2D eigenvalue weighted by Crippen LogP contribution is 2.32. The number of benzene rings is 3. The summed E-state index contributed by atoms with van der Waals surface area (Å²) in [7, 11) is 0. The van der Waals surface area contributed by atoms with Gasteiger partial charge in [-0.2, -0.15) is 5.26 Å². The molecule has 1 aliphatic heterocycles. The summed E-state index contributed by atoms with van der Waals surface area (Å²) >= 11 is 0. The molecule has 5 nitrogen and oxygen atoms in total. The standard InChI is InChI=1S/C28H26N2O3/c1-18(27(32)33-28(2,3)4)20-11-13-24(14-12-20)30-17-23-10-9-22(15-25(23)26(30)31)21-7-5-19(16-29)6-8-21/h5-15,18H,17H2,1-4H3. The van der Waals surface area contributed by atoms with E-state index in [9.17, 15) is 9.59 Å². The lowest BCUT2D eigenvalue weighted by molar-refractivity contribution is -0.156. The smallest absolute Gasteiger partial charge is 0.313 e. The van der Waals surface area contributed by atoms with Gasteiger partial charge in [0.1, 0.15) is 5.60 Å². The normalized spacial score (nSPS) is 13.9. The number of ether oxygens (including phenoxy) is 1. The lowest BCUT2D eigenvalue weighted by Crippen LogP contribution is -2.27. The molecule has 0 fully saturated rings. The van der Waals surface area contributed by atoms with Crippen LogP contribution in [-0.2, 0) is 16.1 Å². The Morgan fingerprint density at radius 1 is 1.00 bits per heavy atom. The predicted molar refractivity (Wildman–Crippen MR) is 128 cm³/mol. The van der Waals surface area contributed by atoms with Gasteiger partial charge in [0.2, 0.25) is 0 Å². The molecule has 3 aromatic carbocycles. The molecule has 0 spiro atoms. The van der Waals surface area contributed by atoms with E-state index in [0.717, 1.165) is 27.9 Å². The summed E-state index contributed by atoms with van der Waals surface area (Å²) in [5.41, 5.74) is 5.27. The molecular weight excluding hydrogens is 412 g/mol. The second-order valence-electron chi connectivity index (χ2n) is 9.30. The Morgan fingerprint density at radius 2 is 1.64 bits per heavy atom. The highest BCUT2D eigenvalue weighted by molar-refractivity contribution is 6.10. The van der Waals surface area contributed by atoms with Crippen LogP contribution in [0.4, 0.5) is 5.69 Å². The molecule has 33 heavy (non-hydrogen) atoms. The molecule has 1 aliphatic rings. The molecule has 166 valence electrons. The van der Waals surface area contributed by atoms with Crippen molar-refractivity contribution >= 4 is 17.6 Å². The molecule has 1 amide bonds. The Morgan fingerprint density at radius 3 is 2.24 bits per heavy atom. The Labute approximate surface area is 194 Å². The second-order valence-corrected chi connectivity index (χ2v) is 9.30. The molecule has 0 saturated heterocycles. The topological polar surface area (TPSA) is 70.4 Å². The number of fused-ring (bicyclic) bond motifs is 1. The first-order valence-electron chi connectivity index (χ1n) is 10.9. The molecule has 0 bridgehead atoms. The number of amides is 1. The number of nitrogens with zero attached hydrogens (tertiary/aromatic N) is 2. The predicted octanol–water partition coefficient (Wildman–Crippen LogP) is 5.83. The van der Waals surface area contributed by atoms with E-state index in [2.05, 4.69) is 6.07 Å². The number of anilines is 1. The van der Waals surface area contributed by atoms with Crippen LogP contribution in [0.2, 0.25) is 0 Å². The van der Waals surface area contributed by atoms with E-state index in [1.807, 2.05) is 82.3 Å². The third-order valence-electron chi connectivity index (χ3n) is 5.73. The monoisotopic (exact) mass is 438 g/mol. The molecule has 0 saturated carbocycles. The van der Waals surface area contributed by atoms with Gasteiger partial charge in [-0.1, -0.05) is 36.4 Å². The lowest BCUT2D eigenvalue weighted by Gasteiger charge is -2.23. The molecule has 3 aromatic rings. The van der Waals surface area contributed by atoms with Crippen molar-refractivity contribution in [1.82, 2.24) is 0 Å². The van der Waals surface area contributed by atoms with Crippen molar-refractivity contribution in [3.8, 4) is 17.2 Å². The van der Waals surface area contributed by atoms with Crippen molar-refractivity contribution in [1.29, 1.82) is 5.26 Å². The van der Waals surface area contributed by atoms with Crippen LogP contribution in [0.3, 0.4) is 0 Å². The SMILES string of the molecule is CC(C(=O)OC(C)(C)C)c1ccc(N2Cc3ccc(-c4ccc(C#N)cc4)cc3C2=O)cc1. The van der Waals surface area contributed by atoms with Gasteiger partial charge in [0.05, 0.1) is 24.1 Å². The van der Waals surface area contributed by atoms with Crippen molar-refractivity contribution in [2.24, 2.45) is 0 Å². The Kier molecular flexibility index (Phi) is 5.78. The Bertz CT molecular complexity index is 1250. The molecule has 0 radical (unpaired) electrons. The number of rotatable bonds is 4. The van der Waals surface area contributed by atoms with Crippen LogP contribution in [0.15, 0.2) is 66.7 Å². The van der Waals surface area contributed by atoms with Gasteiger partial charge in [0.15, 0.2) is 0 Å². The van der Waals surface area contributed by atoms with Crippen molar-refractivity contribution in [2.45, 2.75) is 45.8 Å². The summed E-state index contributed by atoms with van der Waals surface area (Å²) < 4.78 is 5.48. The van der Waals surface area contributed by atoms with Crippen molar-refractivity contribution < 1.29 is 14.3 Å². The van der Waals surface area contributed by atoms with Crippen LogP contribution < -0.4 is 4.90 Å². The van der Waals surface area contributed by atoms with Gasteiger partial charge in [-0.25, -0.2) is 0 Å². The first-order valence-corrected chi connectivity index (χ1v) is 10.9. The summed E-state index contributed by atoms with van der Waals surface area (Å²) in [4.78, 5) is 27.3. The second kappa shape index (κ2) is 8.55. The van der Waals surface area contributed by atoms with Crippen LogP contribution >= 0.6 is 0 Å².